The number of hydrogen-bond acceptors (Lipinski definition) is 4. The molecule has 0 aliphatic heterocycles. The first-order chi connectivity index (χ1) is 8.58. The zero-order chi connectivity index (χ0) is 12.9. The van der Waals surface area contributed by atoms with Gasteiger partial charge in [0.2, 0.25) is 11.6 Å². The number of carbonyl (C=O) groups is 2. The van der Waals surface area contributed by atoms with Crippen LogP contribution < -0.4 is 0 Å². The van der Waals surface area contributed by atoms with Crippen LogP contribution in [0.15, 0.2) is 22.7 Å². The fraction of sp³-hybridized carbons (Fsp3) is 0.214. The van der Waals surface area contributed by atoms with Crippen molar-refractivity contribution in [2.45, 2.75) is 20.3 Å². The summed E-state index contributed by atoms with van der Waals surface area (Å²) in [6.07, 6.45) is 0.218. The Bertz CT molecular complexity index is 663. The van der Waals surface area contributed by atoms with E-state index in [-0.39, 0.29) is 12.2 Å². The van der Waals surface area contributed by atoms with Crippen molar-refractivity contribution in [3.05, 3.63) is 40.8 Å². The second kappa shape index (κ2) is 3.63. The second-order valence-electron chi connectivity index (χ2n) is 4.50. The summed E-state index contributed by atoms with van der Waals surface area (Å²) in [5, 5.41) is 3.89. The molecule has 4 nitrogen and oxygen atoms in total. The summed E-state index contributed by atoms with van der Waals surface area (Å²) >= 11 is 0. The third kappa shape index (κ3) is 1.42. The van der Waals surface area contributed by atoms with Gasteiger partial charge < -0.3 is 4.52 Å². The fourth-order valence-corrected chi connectivity index (χ4v) is 2.40. The summed E-state index contributed by atoms with van der Waals surface area (Å²) in [6.45, 7) is 3.68. The highest BCUT2D eigenvalue weighted by Crippen LogP contribution is 2.30. The van der Waals surface area contributed by atoms with Gasteiger partial charge in [0.15, 0.2) is 0 Å². The maximum absolute atomic E-state index is 11.7. The molecule has 0 radical (unpaired) electrons. The molecule has 18 heavy (non-hydrogen) atoms. The van der Waals surface area contributed by atoms with Crippen LogP contribution in [0, 0.1) is 13.8 Å². The van der Waals surface area contributed by atoms with Crippen molar-refractivity contribution in [3.8, 4) is 11.1 Å². The van der Waals surface area contributed by atoms with Crippen LogP contribution in [0.5, 0.6) is 0 Å². The highest BCUT2D eigenvalue weighted by atomic mass is 16.5. The normalized spacial score (nSPS) is 14.1. The van der Waals surface area contributed by atoms with Gasteiger partial charge in [-0.3, -0.25) is 9.59 Å². The number of aromatic nitrogens is 1. The summed E-state index contributed by atoms with van der Waals surface area (Å²) < 4.78 is 5.12. The van der Waals surface area contributed by atoms with Crippen LogP contribution in [0.2, 0.25) is 0 Å². The van der Waals surface area contributed by atoms with Gasteiger partial charge in [0.1, 0.15) is 5.76 Å². The molecule has 1 aromatic heterocycles. The van der Waals surface area contributed by atoms with E-state index < -0.39 is 5.78 Å². The van der Waals surface area contributed by atoms with Gasteiger partial charge in [-0.25, -0.2) is 0 Å². The van der Waals surface area contributed by atoms with E-state index in [4.69, 9.17) is 4.52 Å². The SMILES string of the molecule is Cc1noc(C)c1-c1ccc2c(c1)C(=O)C(=O)C2. The molecule has 4 heteroatoms. The summed E-state index contributed by atoms with van der Waals surface area (Å²) in [5.74, 6) is -0.0104. The standard InChI is InChI=1S/C14H11NO3/c1-7-13(8(2)18-15-7)10-4-3-9-6-12(16)14(17)11(9)5-10/h3-5H,6H2,1-2H3. The number of nitrogens with zero attached hydrogens (tertiary/aromatic N) is 1. The summed E-state index contributed by atoms with van der Waals surface area (Å²) in [4.78, 5) is 23.1. The molecule has 2 aromatic rings. The second-order valence-corrected chi connectivity index (χ2v) is 4.50. The first kappa shape index (κ1) is 10.9. The first-order valence-electron chi connectivity index (χ1n) is 5.71. The maximum atomic E-state index is 11.7. The number of rotatable bonds is 1. The van der Waals surface area contributed by atoms with Crippen molar-refractivity contribution in [3.63, 3.8) is 0 Å². The van der Waals surface area contributed by atoms with Crippen LogP contribution in [0.3, 0.4) is 0 Å². The van der Waals surface area contributed by atoms with E-state index in [1.165, 1.54) is 0 Å². The number of ketones is 2. The van der Waals surface area contributed by atoms with Gasteiger partial charge in [-0.2, -0.15) is 0 Å². The fourth-order valence-electron chi connectivity index (χ4n) is 2.40. The molecule has 0 N–H and O–H groups in total. The number of benzene rings is 1. The van der Waals surface area contributed by atoms with E-state index in [9.17, 15) is 9.59 Å². The molecule has 0 bridgehead atoms. The molecule has 3 rings (SSSR count). The Labute approximate surface area is 104 Å². The summed E-state index contributed by atoms with van der Waals surface area (Å²) in [5.41, 5.74) is 3.86. The number of carbonyl (C=O) groups excluding carboxylic acids is 2. The highest BCUT2D eigenvalue weighted by molar-refractivity contribution is 6.47. The number of aryl methyl sites for hydroxylation is 2. The van der Waals surface area contributed by atoms with Crippen molar-refractivity contribution in [1.29, 1.82) is 0 Å². The third-order valence-corrected chi connectivity index (χ3v) is 3.28. The van der Waals surface area contributed by atoms with Crippen molar-refractivity contribution in [2.24, 2.45) is 0 Å². The Hall–Kier alpha value is -2.23. The summed E-state index contributed by atoms with van der Waals surface area (Å²) in [6, 6.07) is 5.49. The number of Topliss-reactive ketones (excluding diaryl/α,β-unsaturated/α-hetero) is 2. The Balaban J connectivity index is 2.18. The minimum atomic E-state index is -0.390. The Morgan fingerprint density at radius 1 is 1.22 bits per heavy atom. The molecule has 1 heterocycles. The minimum absolute atomic E-state index is 0.218. The van der Waals surface area contributed by atoms with E-state index in [1.807, 2.05) is 26.0 Å². The average molecular weight is 241 g/mol. The maximum Gasteiger partial charge on any atom is 0.229 e. The topological polar surface area (TPSA) is 60.2 Å². The van der Waals surface area contributed by atoms with Gasteiger partial charge in [0, 0.05) is 17.5 Å². The van der Waals surface area contributed by atoms with Gasteiger partial charge in [-0.05, 0) is 31.0 Å². The van der Waals surface area contributed by atoms with E-state index in [1.54, 1.807) is 6.07 Å². The van der Waals surface area contributed by atoms with E-state index in [0.717, 1.165) is 22.4 Å². The largest absolute Gasteiger partial charge is 0.361 e. The molecule has 0 fully saturated rings. The molecule has 1 aliphatic carbocycles. The molecule has 0 saturated carbocycles. The van der Waals surface area contributed by atoms with Crippen molar-refractivity contribution >= 4 is 11.6 Å². The highest BCUT2D eigenvalue weighted by Gasteiger charge is 2.28. The predicted octanol–water partition coefficient (Wildman–Crippen LogP) is 2.27. The molecule has 0 saturated heterocycles. The van der Waals surface area contributed by atoms with Crippen molar-refractivity contribution in [2.75, 3.05) is 0 Å². The quantitative estimate of drug-likeness (QED) is 0.718. The van der Waals surface area contributed by atoms with E-state index >= 15 is 0 Å². The van der Waals surface area contributed by atoms with Gasteiger partial charge >= 0.3 is 0 Å². The zero-order valence-corrected chi connectivity index (χ0v) is 10.1. The van der Waals surface area contributed by atoms with Crippen LogP contribution in [-0.4, -0.2) is 16.7 Å². The molecule has 90 valence electrons. The van der Waals surface area contributed by atoms with Crippen LogP contribution >= 0.6 is 0 Å². The molecule has 1 aliphatic rings. The van der Waals surface area contributed by atoms with Crippen LogP contribution in [-0.2, 0) is 11.2 Å². The molecule has 0 atom stereocenters. The Morgan fingerprint density at radius 3 is 2.67 bits per heavy atom. The van der Waals surface area contributed by atoms with Crippen LogP contribution in [0.25, 0.3) is 11.1 Å². The van der Waals surface area contributed by atoms with E-state index in [0.29, 0.717) is 11.3 Å². The molecular weight excluding hydrogens is 230 g/mol. The van der Waals surface area contributed by atoms with Crippen molar-refractivity contribution < 1.29 is 14.1 Å². The molecular formula is C14H11NO3. The van der Waals surface area contributed by atoms with Gasteiger partial charge in [-0.15, -0.1) is 0 Å². The Morgan fingerprint density at radius 2 is 2.00 bits per heavy atom. The lowest BCUT2D eigenvalue weighted by molar-refractivity contribution is -0.114. The van der Waals surface area contributed by atoms with Crippen LogP contribution in [0.4, 0.5) is 0 Å². The number of hydrogen-bond donors (Lipinski definition) is 0. The number of fused-ring (bicyclic) bond motifs is 1. The molecule has 0 unspecified atom stereocenters. The van der Waals surface area contributed by atoms with Crippen LogP contribution in [0.1, 0.15) is 27.4 Å². The molecule has 0 amide bonds. The smallest absolute Gasteiger partial charge is 0.229 e. The predicted molar refractivity (Wildman–Crippen MR) is 64.5 cm³/mol. The lowest BCUT2D eigenvalue weighted by Gasteiger charge is -2.03. The molecule has 0 spiro atoms. The van der Waals surface area contributed by atoms with Gasteiger partial charge in [-0.1, -0.05) is 17.3 Å². The zero-order valence-electron chi connectivity index (χ0n) is 10.1. The van der Waals surface area contributed by atoms with Gasteiger partial charge in [0.05, 0.1) is 5.69 Å². The monoisotopic (exact) mass is 241 g/mol. The average Bonchev–Trinajstić information content (AvgIpc) is 2.82. The van der Waals surface area contributed by atoms with Crippen molar-refractivity contribution in [1.82, 2.24) is 5.16 Å². The van der Waals surface area contributed by atoms with E-state index in [2.05, 4.69) is 5.16 Å². The third-order valence-electron chi connectivity index (χ3n) is 3.28. The minimum Gasteiger partial charge on any atom is -0.361 e. The van der Waals surface area contributed by atoms with Gasteiger partial charge in [0.25, 0.3) is 0 Å². The lowest BCUT2D eigenvalue weighted by Crippen LogP contribution is -2.05. The summed E-state index contributed by atoms with van der Waals surface area (Å²) in [7, 11) is 0. The molecule has 1 aromatic carbocycles. The lowest BCUT2D eigenvalue weighted by atomic mass is 9.99. The Kier molecular flexibility index (Phi) is 2.20. The first-order valence-corrected chi connectivity index (χ1v) is 5.71.